The quantitative estimate of drug-likeness (QED) is 0.226. The van der Waals surface area contributed by atoms with Crippen LogP contribution in [0, 0.1) is 6.92 Å². The van der Waals surface area contributed by atoms with Gasteiger partial charge >= 0.3 is 48.6 Å². The van der Waals surface area contributed by atoms with Crippen molar-refractivity contribution in [1.82, 2.24) is 19.9 Å². The maximum atomic E-state index is 10.6. The Morgan fingerprint density at radius 3 is 1.60 bits per heavy atom. The van der Waals surface area contributed by atoms with Crippen LogP contribution in [0.3, 0.4) is 0 Å². The molecule has 0 radical (unpaired) electrons. The Labute approximate surface area is 304 Å². The van der Waals surface area contributed by atoms with E-state index in [1.54, 1.807) is 11.3 Å². The third kappa shape index (κ3) is 15.9. The topological polar surface area (TPSA) is 194 Å². The van der Waals surface area contributed by atoms with Crippen LogP contribution >= 0.6 is 11.3 Å². The minimum absolute atomic E-state index is 0.136. The summed E-state index contributed by atoms with van der Waals surface area (Å²) in [4.78, 5) is 55.6. The van der Waals surface area contributed by atoms with Gasteiger partial charge in [0.15, 0.2) is 0 Å². The van der Waals surface area contributed by atoms with Crippen LogP contribution in [-0.4, -0.2) is 108 Å². The van der Waals surface area contributed by atoms with Crippen LogP contribution in [0.15, 0.2) is 48.4 Å². The minimum atomic E-state index is -5.08. The Hall–Kier alpha value is -5.27. The molecule has 306 valence electrons. The molecule has 0 amide bonds. The van der Waals surface area contributed by atoms with Crippen LogP contribution in [-0.2, 0) is 37.7 Å². The van der Waals surface area contributed by atoms with Gasteiger partial charge in [0.25, 0.3) is 0 Å². The maximum Gasteiger partial charge on any atom is 0.490 e. The number of pyridine rings is 2. The van der Waals surface area contributed by atoms with Crippen molar-refractivity contribution in [3.63, 3.8) is 0 Å². The number of fused-ring (bicyclic) bond motifs is 2. The molecule has 1 spiro atoms. The summed E-state index contributed by atoms with van der Waals surface area (Å²) in [5, 5.41) is 28.5. The summed E-state index contributed by atoms with van der Waals surface area (Å²) >= 11 is 1.77. The van der Waals surface area contributed by atoms with Crippen molar-refractivity contribution < 1.29 is 92.3 Å². The lowest BCUT2D eigenvalue weighted by molar-refractivity contribution is -0.193. The van der Waals surface area contributed by atoms with Crippen molar-refractivity contribution in [3.05, 3.63) is 70.2 Å². The highest BCUT2D eigenvalue weighted by Crippen LogP contribution is 2.46. The number of carboxylic acid groups (broad SMARTS) is 4. The lowest BCUT2D eigenvalue weighted by Crippen LogP contribution is -2.36. The lowest BCUT2D eigenvalue weighted by atomic mass is 9.85. The predicted octanol–water partition coefficient (Wildman–Crippen LogP) is 5.94. The first-order chi connectivity index (χ1) is 25.0. The summed E-state index contributed by atoms with van der Waals surface area (Å²) in [7, 11) is 0. The van der Waals surface area contributed by atoms with Crippen LogP contribution in [0.5, 0.6) is 0 Å². The van der Waals surface area contributed by atoms with Crippen LogP contribution < -0.4 is 4.90 Å². The zero-order valence-corrected chi connectivity index (χ0v) is 28.3. The van der Waals surface area contributed by atoms with Crippen molar-refractivity contribution in [3.8, 4) is 0 Å². The van der Waals surface area contributed by atoms with E-state index in [1.165, 1.54) is 33.9 Å². The molecule has 0 aromatic carbocycles. The molecule has 5 rings (SSSR count). The van der Waals surface area contributed by atoms with E-state index in [1.807, 2.05) is 30.2 Å². The van der Waals surface area contributed by atoms with Gasteiger partial charge in [0.2, 0.25) is 0 Å². The predicted molar refractivity (Wildman–Crippen MR) is 163 cm³/mol. The van der Waals surface area contributed by atoms with Gasteiger partial charge in [-0.05, 0) is 43.7 Å². The van der Waals surface area contributed by atoms with Gasteiger partial charge < -0.3 is 25.3 Å². The summed E-state index contributed by atoms with van der Waals surface area (Å²) in [5.74, 6) is -11.0. The number of carbonyl (C=O) groups is 4. The molecule has 0 saturated carbocycles. The molecule has 13 nitrogen and oxygen atoms in total. The Kier molecular flexibility index (Phi) is 16.8. The van der Waals surface area contributed by atoms with Gasteiger partial charge in [-0.15, -0.1) is 11.3 Å². The molecule has 3 aromatic rings. The van der Waals surface area contributed by atoms with E-state index in [-0.39, 0.29) is 5.41 Å². The number of hydrogen-bond acceptors (Lipinski definition) is 10. The van der Waals surface area contributed by atoms with Crippen molar-refractivity contribution >= 4 is 40.9 Å². The molecule has 55 heavy (non-hydrogen) atoms. The summed E-state index contributed by atoms with van der Waals surface area (Å²) in [6, 6.07) is 8.45. The number of aryl methyl sites for hydroxylation is 1. The number of aromatic nitrogens is 3. The Bertz CT molecular complexity index is 1640. The average molecular weight is 834 g/mol. The first kappa shape index (κ1) is 47.8. The van der Waals surface area contributed by atoms with Crippen molar-refractivity contribution in [2.45, 2.75) is 56.6 Å². The highest BCUT2D eigenvalue weighted by Gasteiger charge is 2.48. The van der Waals surface area contributed by atoms with Gasteiger partial charge in [0.05, 0.1) is 22.6 Å². The van der Waals surface area contributed by atoms with Crippen molar-refractivity contribution in [2.24, 2.45) is 0 Å². The van der Waals surface area contributed by atoms with E-state index in [2.05, 4.69) is 44.9 Å². The largest absolute Gasteiger partial charge is 0.490 e. The zero-order chi connectivity index (χ0) is 42.6. The Balaban J connectivity index is 0.000000442. The van der Waals surface area contributed by atoms with E-state index >= 15 is 0 Å². The standard InChI is InChI=1S/C21H23N5S.4C2HF3O2/c1-16-19(27-15-24-16)12-25-9-6-21(13-25)14-26(11-17-4-2-7-22-10-17)18-5-3-8-23-20(18)21;4*3-2(4,5)1(6)7/h2-5,7-8,10,15H,6,9,11-14H2,1H3;4*(H,6,7). The van der Waals surface area contributed by atoms with Crippen LogP contribution in [0.4, 0.5) is 58.4 Å². The second-order valence-electron chi connectivity index (χ2n) is 10.9. The summed E-state index contributed by atoms with van der Waals surface area (Å²) in [6.45, 7) is 7.23. The molecule has 1 unspecified atom stereocenters. The number of hydrogen-bond donors (Lipinski definition) is 4. The molecule has 0 bridgehead atoms. The second kappa shape index (κ2) is 19.4. The van der Waals surface area contributed by atoms with E-state index in [0.717, 1.165) is 32.7 Å². The SMILES string of the molecule is Cc1ncsc1CN1CCC2(C1)CN(Cc1cccnc1)c1cccnc12.O=C(O)C(F)(F)F.O=C(O)C(F)(F)F.O=C(O)C(F)(F)F.O=C(O)C(F)(F)F. The van der Waals surface area contributed by atoms with Gasteiger partial charge in [0, 0.05) is 55.1 Å². The number of carboxylic acids is 4. The fourth-order valence-corrected chi connectivity index (χ4v) is 5.35. The third-order valence-electron chi connectivity index (χ3n) is 6.83. The number of halogens is 12. The zero-order valence-electron chi connectivity index (χ0n) is 27.5. The first-order valence-corrected chi connectivity index (χ1v) is 15.3. The van der Waals surface area contributed by atoms with E-state index < -0.39 is 48.6 Å². The van der Waals surface area contributed by atoms with Gasteiger partial charge in [-0.25, -0.2) is 24.2 Å². The Morgan fingerprint density at radius 1 is 0.727 bits per heavy atom. The van der Waals surface area contributed by atoms with E-state index in [9.17, 15) is 52.7 Å². The van der Waals surface area contributed by atoms with Crippen molar-refractivity contribution in [1.29, 1.82) is 0 Å². The number of likely N-dealkylation sites (tertiary alicyclic amines) is 1. The van der Waals surface area contributed by atoms with Crippen LogP contribution in [0.1, 0.15) is 28.2 Å². The molecule has 1 fully saturated rings. The molecule has 26 heteroatoms. The Morgan fingerprint density at radius 2 is 1.20 bits per heavy atom. The number of aliphatic carboxylic acids is 4. The molecule has 2 aliphatic rings. The molecule has 0 aliphatic carbocycles. The highest BCUT2D eigenvalue weighted by molar-refractivity contribution is 7.09. The number of rotatable bonds is 4. The van der Waals surface area contributed by atoms with E-state index in [0.29, 0.717) is 0 Å². The van der Waals surface area contributed by atoms with Crippen LogP contribution in [0.2, 0.25) is 0 Å². The summed E-state index contributed by atoms with van der Waals surface area (Å²) in [5.41, 5.74) is 7.08. The molecule has 5 heterocycles. The van der Waals surface area contributed by atoms with E-state index in [4.69, 9.17) is 44.6 Å². The fourth-order valence-electron chi connectivity index (χ4n) is 4.54. The number of anilines is 1. The molecular weight excluding hydrogens is 806 g/mol. The highest BCUT2D eigenvalue weighted by atomic mass is 32.1. The molecule has 1 atom stereocenters. The monoisotopic (exact) mass is 833 g/mol. The molecule has 1 saturated heterocycles. The first-order valence-electron chi connectivity index (χ1n) is 14.4. The summed E-state index contributed by atoms with van der Waals surface area (Å²) < 4.78 is 127. The summed E-state index contributed by atoms with van der Waals surface area (Å²) in [6.07, 6.45) is -13.4. The number of nitrogens with zero attached hydrogens (tertiary/aromatic N) is 5. The normalized spacial score (nSPS) is 16.5. The smallest absolute Gasteiger partial charge is 0.475 e. The third-order valence-corrected chi connectivity index (χ3v) is 7.75. The number of alkyl halides is 12. The van der Waals surface area contributed by atoms with Gasteiger partial charge in [-0.3, -0.25) is 14.9 Å². The molecular formula is C29H27F12N5O8S. The lowest BCUT2D eigenvalue weighted by Gasteiger charge is -2.26. The average Bonchev–Trinajstić information content (AvgIpc) is 3.74. The molecule has 3 aromatic heterocycles. The fraction of sp³-hybridized carbons (Fsp3) is 0.414. The second-order valence-corrected chi connectivity index (χ2v) is 11.8. The minimum Gasteiger partial charge on any atom is -0.475 e. The molecule has 4 N–H and O–H groups in total. The van der Waals surface area contributed by atoms with Gasteiger partial charge in [0.1, 0.15) is 0 Å². The van der Waals surface area contributed by atoms with Crippen LogP contribution in [0.25, 0.3) is 0 Å². The van der Waals surface area contributed by atoms with Crippen molar-refractivity contribution in [2.75, 3.05) is 24.5 Å². The van der Waals surface area contributed by atoms with Gasteiger partial charge in [-0.2, -0.15) is 52.7 Å². The molecule has 2 aliphatic heterocycles. The number of thiazole rings is 1. The maximum absolute atomic E-state index is 10.6. The van der Waals surface area contributed by atoms with Gasteiger partial charge in [-0.1, -0.05) is 6.07 Å².